The number of rotatable bonds is 1. The molecule has 0 N–H and O–H groups in total. The van der Waals surface area contributed by atoms with E-state index in [2.05, 4.69) is 26.0 Å². The van der Waals surface area contributed by atoms with E-state index in [0.717, 1.165) is 18.4 Å². The zero-order valence-corrected chi connectivity index (χ0v) is 11.0. The third-order valence-corrected chi connectivity index (χ3v) is 4.75. The molecule has 0 fully saturated rings. The van der Waals surface area contributed by atoms with Crippen molar-refractivity contribution < 1.29 is 4.79 Å². The lowest BCUT2D eigenvalue weighted by Gasteiger charge is -2.20. The fraction of sp³-hybridized carbons (Fsp3) is 0.562. The van der Waals surface area contributed by atoms with Gasteiger partial charge in [0.25, 0.3) is 0 Å². The minimum Gasteiger partial charge on any atom is -0.294 e. The minimum atomic E-state index is 0.199. The van der Waals surface area contributed by atoms with E-state index in [0.29, 0.717) is 11.2 Å². The van der Waals surface area contributed by atoms with Gasteiger partial charge in [0.2, 0.25) is 0 Å². The summed E-state index contributed by atoms with van der Waals surface area (Å²) in [6, 6.07) is 4.50. The maximum atomic E-state index is 12.0. The van der Waals surface area contributed by atoms with E-state index in [1.807, 2.05) is 6.92 Å². The lowest BCUT2D eigenvalue weighted by molar-refractivity contribution is 0.0946. The van der Waals surface area contributed by atoms with E-state index in [-0.39, 0.29) is 5.92 Å². The Bertz CT molecular complexity index is 500. The molecule has 0 bridgehead atoms. The van der Waals surface area contributed by atoms with Crippen molar-refractivity contribution in [3.8, 4) is 0 Å². The summed E-state index contributed by atoms with van der Waals surface area (Å²) in [6.07, 6.45) is 4.50. The molecule has 1 nitrogen and oxygen atoms in total. The van der Waals surface area contributed by atoms with Crippen LogP contribution in [0.2, 0.25) is 0 Å². The van der Waals surface area contributed by atoms with Gasteiger partial charge in [0.1, 0.15) is 0 Å². The van der Waals surface area contributed by atoms with Gasteiger partial charge < -0.3 is 0 Å². The molecule has 1 aromatic carbocycles. The van der Waals surface area contributed by atoms with Gasteiger partial charge in [0.05, 0.1) is 0 Å². The Morgan fingerprint density at radius 2 is 1.88 bits per heavy atom. The van der Waals surface area contributed by atoms with Gasteiger partial charge >= 0.3 is 0 Å². The molecule has 17 heavy (non-hydrogen) atoms. The molecule has 3 rings (SSSR count). The van der Waals surface area contributed by atoms with Crippen molar-refractivity contribution in [2.45, 2.75) is 46.5 Å². The molecule has 0 radical (unpaired) electrons. The van der Waals surface area contributed by atoms with E-state index < -0.39 is 0 Å². The molecule has 2 unspecified atom stereocenters. The lowest BCUT2D eigenvalue weighted by atomic mass is 9.84. The normalized spacial score (nSPS) is 30.5. The predicted octanol–water partition coefficient (Wildman–Crippen LogP) is 3.58. The largest absolute Gasteiger partial charge is 0.294 e. The van der Waals surface area contributed by atoms with Crippen molar-refractivity contribution in [2.24, 2.45) is 11.3 Å². The van der Waals surface area contributed by atoms with E-state index >= 15 is 0 Å². The van der Waals surface area contributed by atoms with Crippen molar-refractivity contribution in [1.82, 2.24) is 0 Å². The van der Waals surface area contributed by atoms with Gasteiger partial charge in [-0.05, 0) is 47.4 Å². The summed E-state index contributed by atoms with van der Waals surface area (Å²) in [5, 5.41) is 0. The highest BCUT2D eigenvalue weighted by Crippen LogP contribution is 2.41. The number of hydrogen-bond donors (Lipinski definition) is 0. The SMILES string of the molecule is CCC1(C)Cc2cc3c(cc2C1)C(=O)C(C)C3. The average molecular weight is 228 g/mol. The molecule has 2 atom stereocenters. The third-order valence-electron chi connectivity index (χ3n) is 4.75. The second-order valence-electron chi connectivity index (χ2n) is 6.27. The molecule has 0 saturated carbocycles. The first-order valence-electron chi connectivity index (χ1n) is 6.71. The van der Waals surface area contributed by atoms with Gasteiger partial charge in [0, 0.05) is 11.5 Å². The standard InChI is InChI=1S/C16H20O/c1-4-16(3)8-12-6-11-5-10(2)15(17)14(11)7-13(12)9-16/h6-7,10H,4-5,8-9H2,1-3H3. The number of benzene rings is 1. The van der Waals surface area contributed by atoms with Crippen LogP contribution in [0.1, 0.15) is 54.2 Å². The summed E-state index contributed by atoms with van der Waals surface area (Å²) >= 11 is 0. The van der Waals surface area contributed by atoms with Crippen LogP contribution >= 0.6 is 0 Å². The van der Waals surface area contributed by atoms with E-state index in [9.17, 15) is 4.79 Å². The molecule has 0 aliphatic heterocycles. The van der Waals surface area contributed by atoms with Gasteiger partial charge in [-0.15, -0.1) is 0 Å². The molecule has 0 aromatic heterocycles. The summed E-state index contributed by atoms with van der Waals surface area (Å²) in [5.74, 6) is 0.554. The zero-order valence-electron chi connectivity index (χ0n) is 11.0. The smallest absolute Gasteiger partial charge is 0.166 e. The van der Waals surface area contributed by atoms with Gasteiger partial charge in [0.15, 0.2) is 5.78 Å². The number of hydrogen-bond acceptors (Lipinski definition) is 1. The van der Waals surface area contributed by atoms with Gasteiger partial charge in [-0.1, -0.05) is 33.3 Å². The molecular formula is C16H20O. The first kappa shape index (κ1) is 11.0. The maximum Gasteiger partial charge on any atom is 0.166 e. The van der Waals surface area contributed by atoms with Crippen molar-refractivity contribution in [2.75, 3.05) is 0 Å². The van der Waals surface area contributed by atoms with Crippen LogP contribution in [0.5, 0.6) is 0 Å². The molecule has 90 valence electrons. The highest BCUT2D eigenvalue weighted by atomic mass is 16.1. The van der Waals surface area contributed by atoms with Crippen molar-refractivity contribution in [1.29, 1.82) is 0 Å². The van der Waals surface area contributed by atoms with Crippen LogP contribution in [0, 0.1) is 11.3 Å². The van der Waals surface area contributed by atoms with E-state index in [1.54, 1.807) is 0 Å². The molecular weight excluding hydrogens is 208 g/mol. The molecule has 1 heteroatoms. The average Bonchev–Trinajstić information content (AvgIpc) is 2.75. The number of carbonyl (C=O) groups excluding carboxylic acids is 1. The van der Waals surface area contributed by atoms with Crippen LogP contribution < -0.4 is 0 Å². The monoisotopic (exact) mass is 228 g/mol. The number of carbonyl (C=O) groups is 1. The molecule has 1 aromatic rings. The molecule has 2 aliphatic rings. The van der Waals surface area contributed by atoms with Crippen molar-refractivity contribution >= 4 is 5.78 Å². The summed E-state index contributed by atoms with van der Waals surface area (Å²) in [4.78, 5) is 12.0. The minimum absolute atomic E-state index is 0.199. The fourth-order valence-corrected chi connectivity index (χ4v) is 3.39. The van der Waals surface area contributed by atoms with Gasteiger partial charge in [-0.25, -0.2) is 0 Å². The summed E-state index contributed by atoms with van der Waals surface area (Å²) in [7, 11) is 0. The Labute approximate surface area is 103 Å². The van der Waals surface area contributed by atoms with Crippen LogP contribution in [0.3, 0.4) is 0 Å². The number of ketones is 1. The van der Waals surface area contributed by atoms with Crippen LogP contribution in [0.15, 0.2) is 12.1 Å². The first-order chi connectivity index (χ1) is 8.02. The van der Waals surface area contributed by atoms with E-state index in [4.69, 9.17) is 0 Å². The molecule has 2 aliphatic carbocycles. The fourth-order valence-electron chi connectivity index (χ4n) is 3.39. The Hall–Kier alpha value is -1.11. The quantitative estimate of drug-likeness (QED) is 0.718. The maximum absolute atomic E-state index is 12.0. The second kappa shape index (κ2) is 3.44. The van der Waals surface area contributed by atoms with Gasteiger partial charge in [-0.3, -0.25) is 4.79 Å². The summed E-state index contributed by atoms with van der Waals surface area (Å²) < 4.78 is 0. The Kier molecular flexibility index (Phi) is 2.23. The number of fused-ring (bicyclic) bond motifs is 2. The van der Waals surface area contributed by atoms with Crippen LogP contribution in [-0.4, -0.2) is 5.78 Å². The van der Waals surface area contributed by atoms with E-state index in [1.165, 1.54) is 29.5 Å². The second-order valence-corrected chi connectivity index (χ2v) is 6.27. The molecule has 0 amide bonds. The van der Waals surface area contributed by atoms with Crippen molar-refractivity contribution in [3.05, 3.63) is 34.4 Å². The Balaban J connectivity index is 2.04. The Morgan fingerprint density at radius 3 is 2.53 bits per heavy atom. The van der Waals surface area contributed by atoms with Crippen molar-refractivity contribution in [3.63, 3.8) is 0 Å². The lowest BCUT2D eigenvalue weighted by Crippen LogP contribution is -2.14. The molecule has 0 spiro atoms. The molecule has 0 saturated heterocycles. The van der Waals surface area contributed by atoms with Crippen LogP contribution in [0.4, 0.5) is 0 Å². The van der Waals surface area contributed by atoms with Gasteiger partial charge in [-0.2, -0.15) is 0 Å². The number of Topliss-reactive ketones (excluding diaryl/α,β-unsaturated/α-hetero) is 1. The third kappa shape index (κ3) is 1.55. The Morgan fingerprint density at radius 1 is 1.24 bits per heavy atom. The highest BCUT2D eigenvalue weighted by molar-refractivity contribution is 6.02. The topological polar surface area (TPSA) is 17.1 Å². The highest BCUT2D eigenvalue weighted by Gasteiger charge is 2.35. The summed E-state index contributed by atoms with van der Waals surface area (Å²) in [6.45, 7) is 6.68. The first-order valence-corrected chi connectivity index (χ1v) is 6.71. The summed E-state index contributed by atoms with van der Waals surface area (Å²) in [5.41, 5.74) is 5.65. The predicted molar refractivity (Wildman–Crippen MR) is 69.4 cm³/mol. The van der Waals surface area contributed by atoms with Crippen LogP contribution in [-0.2, 0) is 19.3 Å². The molecule has 0 heterocycles. The zero-order chi connectivity index (χ0) is 12.2. The van der Waals surface area contributed by atoms with Crippen LogP contribution in [0.25, 0.3) is 0 Å².